The monoisotopic (exact) mass is 372 g/mol. The second-order valence-corrected chi connectivity index (χ2v) is 6.32. The van der Waals surface area contributed by atoms with E-state index in [0.717, 1.165) is 25.1 Å². The fraction of sp³-hybridized carbons (Fsp3) is 0.444. The number of fused-ring (bicyclic) bond motifs is 1. The van der Waals surface area contributed by atoms with E-state index in [2.05, 4.69) is 19.9 Å². The first-order valence-corrected chi connectivity index (χ1v) is 8.15. The summed E-state index contributed by atoms with van der Waals surface area (Å²) in [7, 11) is 0. The molecule has 0 unspecified atom stereocenters. The van der Waals surface area contributed by atoms with Crippen molar-refractivity contribution in [3.63, 3.8) is 0 Å². The summed E-state index contributed by atoms with van der Waals surface area (Å²) in [4.78, 5) is 22.9. The van der Waals surface area contributed by atoms with E-state index in [-0.39, 0.29) is 11.9 Å². The van der Waals surface area contributed by atoms with Crippen molar-refractivity contribution in [1.82, 2.24) is 0 Å². The minimum absolute atomic E-state index is 0.0316. The van der Waals surface area contributed by atoms with Gasteiger partial charge in [-0.15, -0.1) is 0 Å². The number of carboxylic acids is 1. The van der Waals surface area contributed by atoms with Crippen LogP contribution in [0.15, 0.2) is 36.4 Å². The molecule has 0 saturated carbocycles. The van der Waals surface area contributed by atoms with Crippen molar-refractivity contribution in [2.75, 3.05) is 11.4 Å². The van der Waals surface area contributed by atoms with Crippen molar-refractivity contribution < 1.29 is 27.9 Å². The third-order valence-corrected chi connectivity index (χ3v) is 3.63. The van der Waals surface area contributed by atoms with Crippen molar-refractivity contribution in [1.29, 1.82) is 0 Å². The van der Waals surface area contributed by atoms with Gasteiger partial charge < -0.3 is 15.7 Å². The number of carbonyl (C=O) groups excluding carboxylic acids is 1. The van der Waals surface area contributed by atoms with Gasteiger partial charge in [-0.3, -0.25) is 4.79 Å². The van der Waals surface area contributed by atoms with E-state index in [9.17, 15) is 18.0 Å². The molecule has 8 heteroatoms. The topological polar surface area (TPSA) is 83.6 Å². The molecule has 0 fully saturated rings. The molecule has 0 bridgehead atoms. The van der Waals surface area contributed by atoms with Crippen LogP contribution in [0, 0.1) is 5.92 Å². The Morgan fingerprint density at radius 2 is 1.88 bits per heavy atom. The van der Waals surface area contributed by atoms with Crippen LogP contribution >= 0.6 is 0 Å². The number of amides is 1. The van der Waals surface area contributed by atoms with Crippen molar-refractivity contribution >= 4 is 17.6 Å². The zero-order valence-corrected chi connectivity index (χ0v) is 14.7. The number of carbonyl (C=O) groups is 2. The van der Waals surface area contributed by atoms with E-state index in [1.54, 1.807) is 6.08 Å². The first-order valence-electron chi connectivity index (χ1n) is 8.15. The Labute approximate surface area is 150 Å². The van der Waals surface area contributed by atoms with Gasteiger partial charge in [-0.1, -0.05) is 38.1 Å². The Balaban J connectivity index is 0.000000412. The molecule has 1 atom stereocenters. The molecule has 26 heavy (non-hydrogen) atoms. The predicted octanol–water partition coefficient (Wildman–Crippen LogP) is 3.14. The van der Waals surface area contributed by atoms with E-state index >= 15 is 0 Å². The summed E-state index contributed by atoms with van der Waals surface area (Å²) in [5, 5.41) is 7.12. The molecule has 1 amide bonds. The number of hydrogen-bond donors (Lipinski definition) is 2. The normalized spacial score (nSPS) is 14.8. The highest BCUT2D eigenvalue weighted by molar-refractivity contribution is 6.02. The smallest absolute Gasteiger partial charge is 0.475 e. The number of para-hydroxylation sites is 1. The van der Waals surface area contributed by atoms with Gasteiger partial charge in [-0.2, -0.15) is 13.2 Å². The van der Waals surface area contributed by atoms with Crippen molar-refractivity contribution in [3.05, 3.63) is 42.0 Å². The minimum atomic E-state index is -5.08. The molecule has 5 nitrogen and oxygen atoms in total. The van der Waals surface area contributed by atoms with Gasteiger partial charge in [-0.05, 0) is 30.4 Å². The largest absolute Gasteiger partial charge is 0.490 e. The number of rotatable bonds is 4. The lowest BCUT2D eigenvalue weighted by molar-refractivity contribution is -0.192. The van der Waals surface area contributed by atoms with Crippen LogP contribution in [0.3, 0.4) is 0 Å². The van der Waals surface area contributed by atoms with Crippen LogP contribution in [-0.4, -0.2) is 35.7 Å². The van der Waals surface area contributed by atoms with E-state index in [4.69, 9.17) is 15.6 Å². The van der Waals surface area contributed by atoms with Gasteiger partial charge in [0.1, 0.15) is 0 Å². The molecule has 1 aromatic carbocycles. The molecule has 1 aliphatic rings. The second kappa shape index (κ2) is 9.38. The first-order chi connectivity index (χ1) is 12.0. The first kappa shape index (κ1) is 21.7. The average molecular weight is 372 g/mol. The molecule has 0 aromatic heterocycles. The fourth-order valence-corrected chi connectivity index (χ4v) is 2.49. The molecular weight excluding hydrogens is 349 g/mol. The molecule has 0 saturated heterocycles. The van der Waals surface area contributed by atoms with E-state index in [1.165, 1.54) is 5.56 Å². The Bertz CT molecular complexity index is 657. The number of anilines is 1. The quantitative estimate of drug-likeness (QED) is 0.796. The van der Waals surface area contributed by atoms with Crippen LogP contribution in [0.25, 0.3) is 0 Å². The van der Waals surface area contributed by atoms with Gasteiger partial charge in [0.2, 0.25) is 0 Å². The predicted molar refractivity (Wildman–Crippen MR) is 92.8 cm³/mol. The number of carboxylic acid groups (broad SMARTS) is 1. The van der Waals surface area contributed by atoms with Crippen LogP contribution in [-0.2, 0) is 16.0 Å². The number of alkyl halides is 3. The van der Waals surface area contributed by atoms with Crippen molar-refractivity contribution in [2.24, 2.45) is 11.7 Å². The Kier molecular flexibility index (Phi) is 7.82. The maximum atomic E-state index is 12.2. The third-order valence-electron chi connectivity index (χ3n) is 3.63. The molecule has 2 rings (SSSR count). The number of halogens is 3. The molecule has 1 heterocycles. The molecule has 0 radical (unpaired) electrons. The van der Waals surface area contributed by atoms with E-state index < -0.39 is 12.1 Å². The fourth-order valence-electron chi connectivity index (χ4n) is 2.49. The number of nitrogens with zero attached hydrogens (tertiary/aromatic N) is 1. The SMILES string of the molecule is CC(C)C[C@H](N)/C=C/C(=O)N1CCc2ccccc21.O=C(O)C(F)(F)F. The second-order valence-electron chi connectivity index (χ2n) is 6.32. The highest BCUT2D eigenvalue weighted by atomic mass is 19.4. The third kappa shape index (κ3) is 6.87. The van der Waals surface area contributed by atoms with Crippen LogP contribution in [0.2, 0.25) is 0 Å². The summed E-state index contributed by atoms with van der Waals surface area (Å²) >= 11 is 0. The van der Waals surface area contributed by atoms with Crippen LogP contribution in [0.5, 0.6) is 0 Å². The molecule has 1 aromatic rings. The van der Waals surface area contributed by atoms with Crippen molar-refractivity contribution in [2.45, 2.75) is 38.9 Å². The van der Waals surface area contributed by atoms with Gasteiger partial charge in [0.05, 0.1) is 0 Å². The van der Waals surface area contributed by atoms with Gasteiger partial charge in [0, 0.05) is 24.4 Å². The Morgan fingerprint density at radius 3 is 2.42 bits per heavy atom. The van der Waals surface area contributed by atoms with Crippen molar-refractivity contribution in [3.8, 4) is 0 Å². The maximum absolute atomic E-state index is 12.2. The van der Waals surface area contributed by atoms with Gasteiger partial charge in [-0.25, -0.2) is 4.79 Å². The number of nitrogens with two attached hydrogens (primary N) is 1. The molecular formula is C18H23F3N2O3. The summed E-state index contributed by atoms with van der Waals surface area (Å²) in [6.07, 6.45) is 0.201. The van der Waals surface area contributed by atoms with Crippen LogP contribution < -0.4 is 10.6 Å². The maximum Gasteiger partial charge on any atom is 0.490 e. The summed E-state index contributed by atoms with van der Waals surface area (Å²) in [5.74, 6) is -2.18. The number of aliphatic carboxylic acids is 1. The molecule has 1 aliphatic heterocycles. The lowest BCUT2D eigenvalue weighted by Gasteiger charge is -2.15. The summed E-state index contributed by atoms with van der Waals surface area (Å²) < 4.78 is 31.7. The standard InChI is InChI=1S/C16H22N2O.C2HF3O2/c1-12(2)11-14(17)7-8-16(19)18-10-9-13-5-3-4-6-15(13)18;3-2(4,5)1(6)7/h3-8,12,14H,9-11,17H2,1-2H3;(H,6,7)/b8-7+;/t14-;/m1./s1. The zero-order chi connectivity index (χ0) is 19.9. The van der Waals surface area contributed by atoms with Gasteiger partial charge in [0.15, 0.2) is 0 Å². The van der Waals surface area contributed by atoms with Crippen LogP contribution in [0.1, 0.15) is 25.8 Å². The van der Waals surface area contributed by atoms with Gasteiger partial charge >= 0.3 is 12.1 Å². The number of hydrogen-bond acceptors (Lipinski definition) is 3. The minimum Gasteiger partial charge on any atom is -0.475 e. The lowest BCUT2D eigenvalue weighted by atomic mass is 10.0. The highest BCUT2D eigenvalue weighted by Crippen LogP contribution is 2.27. The summed E-state index contributed by atoms with van der Waals surface area (Å²) in [6.45, 7) is 5.03. The van der Waals surface area contributed by atoms with Crippen LogP contribution in [0.4, 0.5) is 18.9 Å². The van der Waals surface area contributed by atoms with Gasteiger partial charge in [0.25, 0.3) is 5.91 Å². The summed E-state index contributed by atoms with van der Waals surface area (Å²) in [6, 6.07) is 8.03. The molecule has 3 N–H and O–H groups in total. The number of benzene rings is 1. The Hall–Kier alpha value is -2.35. The molecule has 0 spiro atoms. The summed E-state index contributed by atoms with van der Waals surface area (Å²) in [5.41, 5.74) is 8.24. The molecule has 144 valence electrons. The average Bonchev–Trinajstić information content (AvgIpc) is 2.95. The van der Waals surface area contributed by atoms with E-state index in [1.807, 2.05) is 29.2 Å². The Morgan fingerprint density at radius 1 is 1.31 bits per heavy atom. The lowest BCUT2D eigenvalue weighted by Crippen LogP contribution is -2.28. The zero-order valence-electron chi connectivity index (χ0n) is 14.7. The highest BCUT2D eigenvalue weighted by Gasteiger charge is 2.38. The molecule has 0 aliphatic carbocycles. The van der Waals surface area contributed by atoms with E-state index in [0.29, 0.717) is 5.92 Å².